The second-order valence-electron chi connectivity index (χ2n) is 8.39. The molecule has 0 radical (unpaired) electrons. The van der Waals surface area contributed by atoms with Crippen molar-refractivity contribution in [2.24, 2.45) is 4.99 Å². The average Bonchev–Trinajstić information content (AvgIpc) is 3.28. The topological polar surface area (TPSA) is 79.6 Å². The van der Waals surface area contributed by atoms with Crippen LogP contribution in [0.3, 0.4) is 0 Å². The third-order valence-corrected chi connectivity index (χ3v) is 6.09. The van der Waals surface area contributed by atoms with Gasteiger partial charge in [-0.3, -0.25) is 0 Å². The third kappa shape index (κ3) is 9.11. The third-order valence-electron chi connectivity index (χ3n) is 6.09. The maximum atomic E-state index is 5.25. The van der Waals surface area contributed by atoms with E-state index in [1.54, 1.807) is 13.4 Å². The summed E-state index contributed by atoms with van der Waals surface area (Å²) in [6.07, 6.45) is 7.81. The molecular formula is C24H40IN7O. The Kier molecular flexibility index (Phi) is 12.5. The van der Waals surface area contributed by atoms with E-state index in [0.29, 0.717) is 12.6 Å². The molecule has 0 amide bonds. The predicted octanol–water partition coefficient (Wildman–Crippen LogP) is 3.47. The first kappa shape index (κ1) is 27.4. The summed E-state index contributed by atoms with van der Waals surface area (Å²) in [6, 6.07) is 8.78. The molecule has 2 N–H and O–H groups in total. The maximum absolute atomic E-state index is 5.25. The molecule has 9 heteroatoms. The van der Waals surface area contributed by atoms with Gasteiger partial charge in [0.15, 0.2) is 5.96 Å². The molecule has 1 aromatic heterocycles. The zero-order valence-electron chi connectivity index (χ0n) is 20.3. The zero-order chi connectivity index (χ0) is 22.6. The normalized spacial score (nSPS) is 16.8. The van der Waals surface area contributed by atoms with Crippen LogP contribution in [0, 0.1) is 0 Å². The van der Waals surface area contributed by atoms with Crippen molar-refractivity contribution in [1.29, 1.82) is 0 Å². The lowest BCUT2D eigenvalue weighted by atomic mass is 10.0. The molecule has 1 aliphatic heterocycles. The van der Waals surface area contributed by atoms with Crippen molar-refractivity contribution in [2.45, 2.75) is 65.1 Å². The number of halogens is 1. The van der Waals surface area contributed by atoms with Crippen LogP contribution in [-0.2, 0) is 19.5 Å². The van der Waals surface area contributed by atoms with E-state index in [1.165, 1.54) is 25.8 Å². The Labute approximate surface area is 215 Å². The number of rotatable bonds is 11. The van der Waals surface area contributed by atoms with E-state index in [2.05, 4.69) is 56.3 Å². The summed E-state index contributed by atoms with van der Waals surface area (Å²) >= 11 is 0. The highest BCUT2D eigenvalue weighted by molar-refractivity contribution is 14.0. The standard InChI is InChI=1S/C24H39N7O.HI/c1-4-23-29-28-19-31(23)17-14-26-24(27-18-21-9-11-22(32-3)12-10-21)25-13-7-16-30-15-6-5-8-20(30)2;/h9-12,19-20H,4-8,13-18H2,1-3H3,(H2,25,26,27);1H. The Bertz CT molecular complexity index is 824. The number of nitrogens with zero attached hydrogens (tertiary/aromatic N) is 5. The molecule has 0 bridgehead atoms. The lowest BCUT2D eigenvalue weighted by molar-refractivity contribution is 0.159. The molecule has 0 saturated carbocycles. The minimum Gasteiger partial charge on any atom is -0.497 e. The van der Waals surface area contributed by atoms with E-state index < -0.39 is 0 Å². The fourth-order valence-corrected chi connectivity index (χ4v) is 4.09. The lowest BCUT2D eigenvalue weighted by Gasteiger charge is -2.33. The van der Waals surface area contributed by atoms with Gasteiger partial charge in [-0.05, 0) is 50.4 Å². The summed E-state index contributed by atoms with van der Waals surface area (Å²) in [5.41, 5.74) is 1.15. The molecule has 1 aliphatic rings. The fraction of sp³-hybridized carbons (Fsp3) is 0.625. The van der Waals surface area contributed by atoms with Crippen molar-refractivity contribution in [3.05, 3.63) is 42.0 Å². The van der Waals surface area contributed by atoms with Gasteiger partial charge in [0.05, 0.1) is 13.7 Å². The van der Waals surface area contributed by atoms with E-state index >= 15 is 0 Å². The van der Waals surface area contributed by atoms with E-state index in [1.807, 2.05) is 12.1 Å². The van der Waals surface area contributed by atoms with Crippen LogP contribution >= 0.6 is 24.0 Å². The Balaban J connectivity index is 0.00000385. The average molecular weight is 570 g/mol. The summed E-state index contributed by atoms with van der Waals surface area (Å²) in [4.78, 5) is 7.43. The van der Waals surface area contributed by atoms with Crippen LogP contribution < -0.4 is 15.4 Å². The molecule has 33 heavy (non-hydrogen) atoms. The van der Waals surface area contributed by atoms with Gasteiger partial charge in [0.1, 0.15) is 17.9 Å². The zero-order valence-corrected chi connectivity index (χ0v) is 22.6. The Hall–Kier alpha value is -1.88. The number of aliphatic imine (C=N–C) groups is 1. The predicted molar refractivity (Wildman–Crippen MR) is 144 cm³/mol. The quantitative estimate of drug-likeness (QED) is 0.187. The highest BCUT2D eigenvalue weighted by Gasteiger charge is 2.17. The highest BCUT2D eigenvalue weighted by Crippen LogP contribution is 2.16. The Morgan fingerprint density at radius 2 is 1.94 bits per heavy atom. The first-order chi connectivity index (χ1) is 15.7. The monoisotopic (exact) mass is 569 g/mol. The number of methoxy groups -OCH3 is 1. The highest BCUT2D eigenvalue weighted by atomic mass is 127. The summed E-state index contributed by atoms with van der Waals surface area (Å²) in [7, 11) is 1.68. The largest absolute Gasteiger partial charge is 0.497 e. The smallest absolute Gasteiger partial charge is 0.191 e. The van der Waals surface area contributed by atoms with Crippen LogP contribution in [0.25, 0.3) is 0 Å². The molecule has 1 saturated heterocycles. The number of aromatic nitrogens is 3. The first-order valence-corrected chi connectivity index (χ1v) is 12.0. The van der Waals surface area contributed by atoms with Crippen molar-refractivity contribution in [2.75, 3.05) is 33.3 Å². The van der Waals surface area contributed by atoms with Crippen LogP contribution in [0.2, 0.25) is 0 Å². The van der Waals surface area contributed by atoms with E-state index in [0.717, 1.165) is 62.1 Å². The van der Waals surface area contributed by atoms with Crippen LogP contribution in [0.1, 0.15) is 50.9 Å². The maximum Gasteiger partial charge on any atom is 0.191 e. The summed E-state index contributed by atoms with van der Waals surface area (Å²) in [5.74, 6) is 2.72. The van der Waals surface area contributed by atoms with E-state index in [9.17, 15) is 0 Å². The summed E-state index contributed by atoms with van der Waals surface area (Å²) in [6.45, 7) is 9.93. The number of nitrogens with one attached hydrogen (secondary N) is 2. The number of benzene rings is 1. The van der Waals surface area contributed by atoms with Gasteiger partial charge in [-0.25, -0.2) is 4.99 Å². The number of hydrogen-bond acceptors (Lipinski definition) is 5. The number of ether oxygens (including phenoxy) is 1. The van der Waals surface area contributed by atoms with Crippen molar-refractivity contribution < 1.29 is 4.74 Å². The number of likely N-dealkylation sites (tertiary alicyclic amines) is 1. The van der Waals surface area contributed by atoms with Gasteiger partial charge < -0.3 is 24.8 Å². The van der Waals surface area contributed by atoms with Gasteiger partial charge in [0, 0.05) is 38.6 Å². The fourth-order valence-electron chi connectivity index (χ4n) is 4.09. The molecule has 1 atom stereocenters. The SMILES string of the molecule is CCc1nncn1CCNC(=NCc1ccc(OC)cc1)NCCCN1CCCCC1C.I. The Morgan fingerprint density at radius 3 is 2.67 bits per heavy atom. The second-order valence-corrected chi connectivity index (χ2v) is 8.39. The van der Waals surface area contributed by atoms with Crippen molar-refractivity contribution in [3.63, 3.8) is 0 Å². The van der Waals surface area contributed by atoms with Gasteiger partial charge >= 0.3 is 0 Å². The second kappa shape index (κ2) is 15.1. The molecule has 2 aromatic rings. The van der Waals surface area contributed by atoms with Gasteiger partial charge in [-0.15, -0.1) is 34.2 Å². The number of aryl methyl sites for hydroxylation is 1. The number of piperidine rings is 1. The molecule has 1 unspecified atom stereocenters. The molecule has 1 fully saturated rings. The van der Waals surface area contributed by atoms with Crippen molar-refractivity contribution in [3.8, 4) is 5.75 Å². The van der Waals surface area contributed by atoms with E-state index in [4.69, 9.17) is 9.73 Å². The minimum absolute atomic E-state index is 0. The summed E-state index contributed by atoms with van der Waals surface area (Å²) in [5, 5.41) is 15.2. The molecular weight excluding hydrogens is 529 g/mol. The molecule has 184 valence electrons. The van der Waals surface area contributed by atoms with Crippen molar-refractivity contribution in [1.82, 2.24) is 30.3 Å². The van der Waals surface area contributed by atoms with Gasteiger partial charge in [0.2, 0.25) is 0 Å². The minimum atomic E-state index is 0. The van der Waals surface area contributed by atoms with Crippen LogP contribution in [-0.4, -0.2) is 65.0 Å². The summed E-state index contributed by atoms with van der Waals surface area (Å²) < 4.78 is 7.34. The van der Waals surface area contributed by atoms with Crippen molar-refractivity contribution >= 4 is 29.9 Å². The van der Waals surface area contributed by atoms with E-state index in [-0.39, 0.29) is 24.0 Å². The molecule has 2 heterocycles. The van der Waals surface area contributed by atoms with Gasteiger partial charge in [-0.2, -0.15) is 0 Å². The molecule has 1 aromatic carbocycles. The lowest BCUT2D eigenvalue weighted by Crippen LogP contribution is -2.42. The van der Waals surface area contributed by atoms with Crippen LogP contribution in [0.5, 0.6) is 5.75 Å². The Morgan fingerprint density at radius 1 is 1.15 bits per heavy atom. The van der Waals surface area contributed by atoms with Gasteiger partial charge in [-0.1, -0.05) is 25.5 Å². The number of hydrogen-bond donors (Lipinski definition) is 2. The van der Waals surface area contributed by atoms with Crippen LogP contribution in [0.4, 0.5) is 0 Å². The molecule has 0 spiro atoms. The van der Waals surface area contributed by atoms with Crippen LogP contribution in [0.15, 0.2) is 35.6 Å². The number of guanidine groups is 1. The first-order valence-electron chi connectivity index (χ1n) is 12.0. The molecule has 3 rings (SSSR count). The van der Waals surface area contributed by atoms with Gasteiger partial charge in [0.25, 0.3) is 0 Å². The molecule has 8 nitrogen and oxygen atoms in total. The molecule has 0 aliphatic carbocycles.